The predicted octanol–water partition coefficient (Wildman–Crippen LogP) is 14.5. The van der Waals surface area contributed by atoms with Gasteiger partial charge in [-0.15, -0.1) is 23.5 Å². The highest BCUT2D eigenvalue weighted by Gasteiger charge is 2.56. The molecule has 0 spiro atoms. The highest BCUT2D eigenvalue weighted by atomic mass is 32.2. The summed E-state index contributed by atoms with van der Waals surface area (Å²) in [5.41, 5.74) is 6.37. The first-order chi connectivity index (χ1) is 70.8. The van der Waals surface area contributed by atoms with Gasteiger partial charge in [-0.3, -0.25) is 77.1 Å². The normalized spacial score (nSPS) is 25.3. The molecule has 6 unspecified atom stereocenters. The molecule has 8 aromatic carbocycles. The summed E-state index contributed by atoms with van der Waals surface area (Å²) in [5.74, 6) is -10.8. The number of benzene rings is 8. The molecule has 10 atom stereocenters. The number of rotatable bonds is 6. The fourth-order valence-electron chi connectivity index (χ4n) is 24.6. The molecule has 4 saturated carbocycles. The lowest BCUT2D eigenvalue weighted by Gasteiger charge is -2.53. The van der Waals surface area contributed by atoms with Crippen LogP contribution in [-0.2, 0) is 18.9 Å². The largest absolute Gasteiger partial charge is 0.502 e. The summed E-state index contributed by atoms with van der Waals surface area (Å²) in [6, 6.07) is 44.8. The average molecular weight is 2030 g/mol. The predicted molar refractivity (Wildman–Crippen MR) is 516 cm³/mol. The lowest BCUT2D eigenvalue weighted by atomic mass is 9.63. The van der Waals surface area contributed by atoms with E-state index in [2.05, 4.69) is 12.1 Å². The molecule has 146 heavy (non-hydrogen) atoms. The molecule has 10 aliphatic heterocycles. The number of morpholine rings is 4. The van der Waals surface area contributed by atoms with Gasteiger partial charge in [-0.05, 0) is 190 Å². The number of nitrogens with zero attached hydrogens (tertiary/aromatic N) is 12. The summed E-state index contributed by atoms with van der Waals surface area (Å²) in [6.07, 6.45) is 10.2. The van der Waals surface area contributed by atoms with Crippen molar-refractivity contribution in [2.75, 3.05) is 99.1 Å². The summed E-state index contributed by atoms with van der Waals surface area (Å²) >= 11 is 3.09. The standard InChI is InChI=1S/2C27H23F2N3O4S.2C27H23F2N3O4/c2*28-17-8-7-16-21(22(17)29)26(14-5-6-14)37-19-4-2-1-3-15(19)23(16)32-20-13-36-12-11-30(20)27(35)24-25(34)18(33)9-10-31(24)32;2*28-19-6-5-18-22(23(19)29)15-11-14(12-15)16-3-1-2-4-17(16)24(18)32-21-13-36-10-9-30(21)27(35)25-26(34)20(33)7-8-31(25)32/h2*1-4,7-10,14,20,23,26,34H,5-6,11-13H2;2*1-8,14-15,21,24,34H,9-13H2/t20-,23-,26?;;14?,15?,21-,24-;/m1.1./s1. The first kappa shape index (κ1) is 92.9. The summed E-state index contributed by atoms with van der Waals surface area (Å²) in [6.45, 7) is 3.04. The van der Waals surface area contributed by atoms with E-state index in [0.717, 1.165) is 119 Å². The number of hydrogen-bond acceptors (Lipinski definition) is 22. The Bertz CT molecular complexity index is 7320. The summed E-state index contributed by atoms with van der Waals surface area (Å²) in [5, 5.41) is 49.8. The molecule has 38 heteroatoms. The van der Waals surface area contributed by atoms with Gasteiger partial charge in [0.05, 0.1) is 77.0 Å². The quantitative estimate of drug-likeness (QED) is 0.112. The monoisotopic (exact) mass is 2030 g/mol. The van der Waals surface area contributed by atoms with E-state index in [1.54, 1.807) is 67.4 Å². The molecule has 14 heterocycles. The number of thioether (sulfide) groups is 2. The zero-order chi connectivity index (χ0) is 100. The van der Waals surface area contributed by atoms with E-state index in [4.69, 9.17) is 18.9 Å². The van der Waals surface area contributed by atoms with Crippen LogP contribution in [0.15, 0.2) is 224 Å². The third-order valence-electron chi connectivity index (χ3n) is 31.8. The Balaban J connectivity index is 0.000000102. The van der Waals surface area contributed by atoms with Crippen molar-refractivity contribution in [3.8, 4) is 23.0 Å². The number of aromatic nitrogens is 4. The van der Waals surface area contributed by atoms with Gasteiger partial charge in [-0.25, -0.2) is 35.1 Å². The topological polar surface area (TPSA) is 300 Å². The van der Waals surface area contributed by atoms with Crippen molar-refractivity contribution in [2.24, 2.45) is 11.8 Å². The van der Waals surface area contributed by atoms with Crippen molar-refractivity contribution < 1.29 is 93.7 Å². The Morgan fingerprint density at radius 1 is 0.274 bits per heavy atom. The van der Waals surface area contributed by atoms with Crippen molar-refractivity contribution in [1.82, 2.24) is 38.3 Å². The Morgan fingerprint density at radius 3 is 0.801 bits per heavy atom. The molecule has 8 aliphatic carbocycles. The molecule has 4 amide bonds. The Labute approximate surface area is 835 Å². The lowest BCUT2D eigenvalue weighted by molar-refractivity contribution is -0.0199. The summed E-state index contributed by atoms with van der Waals surface area (Å²) < 4.78 is 150. The van der Waals surface area contributed by atoms with Crippen molar-refractivity contribution in [2.45, 2.75) is 144 Å². The van der Waals surface area contributed by atoms with E-state index >= 15 is 17.6 Å². The van der Waals surface area contributed by atoms with Crippen LogP contribution in [0.4, 0.5) is 35.1 Å². The number of halogens is 8. The van der Waals surface area contributed by atoms with E-state index < -0.39 is 164 Å². The SMILES string of the molecule is O=C1c2c(O)c(=O)ccn2N(C2c3ccccc3C3CC(C3)c3c2ccc(F)c3F)C2COCCN12.O=C1c2c(O)c(=O)ccn2N(C2c3ccccc3SC(C3CC3)c3c2ccc(F)c3F)C2COCCN12.O=C1c2c(O)c(=O)ccn2N([C@@H]2c3ccccc3C3CC(C3)c3c2ccc(F)c3F)[C@@H]2COCCN12.O=C1c2c(O)c(=O)ccn2N([C@@H]2c3ccccc3SC(C3CC3)c3c2ccc(F)c3F)[C@@H]2COCCN12. The van der Waals surface area contributed by atoms with Crippen molar-refractivity contribution in [3.05, 3.63) is 383 Å². The molecule has 4 bridgehead atoms. The maximum Gasteiger partial charge on any atom is 0.278 e. The second-order valence-electron chi connectivity index (χ2n) is 39.5. The second-order valence-corrected chi connectivity index (χ2v) is 41.9. The number of aromatic hydroxyl groups is 4. The van der Waals surface area contributed by atoms with Crippen LogP contribution in [0.1, 0.15) is 230 Å². The van der Waals surface area contributed by atoms with Crippen LogP contribution in [-0.4, -0.2) is 186 Å². The van der Waals surface area contributed by atoms with Gasteiger partial charge < -0.3 is 59.0 Å². The second kappa shape index (κ2) is 35.9. The first-order valence-corrected chi connectivity index (χ1v) is 50.7. The highest BCUT2D eigenvalue weighted by Crippen LogP contribution is 2.63. The number of carbonyl (C=O) groups is 4. The third kappa shape index (κ3) is 14.6. The Hall–Kier alpha value is -14.2. The minimum atomic E-state index is -0.896. The number of pyridine rings is 4. The van der Waals surface area contributed by atoms with Gasteiger partial charge in [-0.2, -0.15) is 0 Å². The molecular formula is C108H92F8N12O16S2. The van der Waals surface area contributed by atoms with Crippen LogP contribution in [0.25, 0.3) is 0 Å². The maximum atomic E-state index is 15.7. The molecule has 0 radical (unpaired) electrons. The van der Waals surface area contributed by atoms with Crippen LogP contribution in [0.3, 0.4) is 0 Å². The Morgan fingerprint density at radius 2 is 0.521 bits per heavy atom. The number of fused-ring (bicyclic) bond motifs is 12. The van der Waals surface area contributed by atoms with Crippen LogP contribution in [0.2, 0.25) is 0 Å². The molecule has 8 fully saturated rings. The molecular weight excluding hydrogens is 1940 g/mol. The minimum absolute atomic E-state index is 0.122. The van der Waals surface area contributed by atoms with Crippen LogP contribution >= 0.6 is 23.5 Å². The van der Waals surface area contributed by atoms with Crippen molar-refractivity contribution in [3.63, 3.8) is 0 Å². The molecule has 4 N–H and O–H groups in total. The fraction of sp³-hybridized carbons (Fsp3) is 0.333. The van der Waals surface area contributed by atoms with Crippen LogP contribution in [0, 0.1) is 58.4 Å². The zero-order valence-electron chi connectivity index (χ0n) is 77.7. The summed E-state index contributed by atoms with van der Waals surface area (Å²) in [4.78, 5) is 111. The van der Waals surface area contributed by atoms with Gasteiger partial charge in [0.1, 0.15) is 24.7 Å². The fourth-order valence-corrected chi connectivity index (χ4v) is 27.7. The lowest BCUT2D eigenvalue weighted by Crippen LogP contribution is -2.66. The first-order valence-electron chi connectivity index (χ1n) is 48.9. The van der Waals surface area contributed by atoms with Gasteiger partial charge in [0, 0.05) is 107 Å². The highest BCUT2D eigenvalue weighted by molar-refractivity contribution is 8.00. The maximum absolute atomic E-state index is 15.7. The molecule has 4 saturated heterocycles. The van der Waals surface area contributed by atoms with Gasteiger partial charge in [-0.1, -0.05) is 109 Å². The molecule has 12 aromatic rings. The van der Waals surface area contributed by atoms with E-state index in [9.17, 15) is 76.3 Å². The van der Waals surface area contributed by atoms with Gasteiger partial charge >= 0.3 is 0 Å². The summed E-state index contributed by atoms with van der Waals surface area (Å²) in [7, 11) is 0. The smallest absolute Gasteiger partial charge is 0.278 e. The zero-order valence-corrected chi connectivity index (χ0v) is 79.4. The minimum Gasteiger partial charge on any atom is -0.502 e. The number of carbonyl (C=O) groups excluding carboxylic acids is 4. The van der Waals surface area contributed by atoms with E-state index in [-0.39, 0.29) is 121 Å². The molecule has 18 aliphatic rings. The molecule has 4 aromatic heterocycles. The van der Waals surface area contributed by atoms with Crippen molar-refractivity contribution in [1.29, 1.82) is 0 Å². The number of ether oxygens (including phenoxy) is 4. The Kier molecular flexibility index (Phi) is 22.8. The van der Waals surface area contributed by atoms with Gasteiger partial charge in [0.15, 0.2) is 92.3 Å². The van der Waals surface area contributed by atoms with E-state index in [1.807, 2.05) is 105 Å². The average Bonchev–Trinajstić information content (AvgIpc) is 1.02. The number of hydrogen-bond donors (Lipinski definition) is 4. The van der Waals surface area contributed by atoms with Crippen molar-refractivity contribution >= 4 is 47.2 Å². The third-order valence-corrected chi connectivity index (χ3v) is 34.8. The van der Waals surface area contributed by atoms with Crippen LogP contribution in [0.5, 0.6) is 23.0 Å². The van der Waals surface area contributed by atoms with E-state index in [1.165, 1.54) is 67.8 Å². The van der Waals surface area contributed by atoms with E-state index in [0.29, 0.717) is 70.9 Å². The van der Waals surface area contributed by atoms with Gasteiger partial charge in [0.2, 0.25) is 21.7 Å². The molecule has 30 rings (SSSR count). The molecule has 28 nitrogen and oxygen atoms in total. The number of amides is 4. The molecule has 748 valence electrons. The van der Waals surface area contributed by atoms with Gasteiger partial charge in [0.25, 0.3) is 23.6 Å². The van der Waals surface area contributed by atoms with Crippen LogP contribution < -0.4 is 41.8 Å².